The SMILES string of the molecule is O=c1c2sc(-c3ccccc3)cc2nnn1Cc1ccccc1. The lowest BCUT2D eigenvalue weighted by Crippen LogP contribution is -2.23. The highest BCUT2D eigenvalue weighted by Gasteiger charge is 2.11. The molecule has 0 N–H and O–H groups in total. The van der Waals surface area contributed by atoms with Crippen LogP contribution in [0.4, 0.5) is 0 Å². The standard InChI is InChI=1S/C18H13N3OS/c22-18-17-15(11-16(23-17)14-9-5-2-6-10-14)19-20-21(18)12-13-7-3-1-4-8-13/h1-11H,12H2. The normalized spacial score (nSPS) is 11.0. The van der Waals surface area contributed by atoms with Gasteiger partial charge in [0.2, 0.25) is 0 Å². The Morgan fingerprint density at radius 2 is 1.65 bits per heavy atom. The lowest BCUT2D eigenvalue weighted by molar-refractivity contribution is 0.602. The van der Waals surface area contributed by atoms with Crippen molar-refractivity contribution >= 4 is 21.6 Å². The van der Waals surface area contributed by atoms with Crippen LogP contribution < -0.4 is 5.56 Å². The Bertz CT molecular complexity index is 1010. The van der Waals surface area contributed by atoms with E-state index in [-0.39, 0.29) is 5.56 Å². The first-order valence-corrected chi connectivity index (χ1v) is 8.09. The average molecular weight is 319 g/mol. The predicted molar refractivity (Wildman–Crippen MR) is 92.7 cm³/mol. The largest absolute Gasteiger partial charge is 0.288 e. The van der Waals surface area contributed by atoms with Gasteiger partial charge in [-0.15, -0.1) is 16.4 Å². The van der Waals surface area contributed by atoms with E-state index in [2.05, 4.69) is 10.3 Å². The van der Waals surface area contributed by atoms with Gasteiger partial charge in [-0.05, 0) is 17.2 Å². The van der Waals surface area contributed by atoms with E-state index in [9.17, 15) is 4.79 Å². The van der Waals surface area contributed by atoms with Gasteiger partial charge in [-0.1, -0.05) is 65.9 Å². The van der Waals surface area contributed by atoms with Crippen LogP contribution in [0.1, 0.15) is 5.56 Å². The van der Waals surface area contributed by atoms with E-state index >= 15 is 0 Å². The van der Waals surface area contributed by atoms with Gasteiger partial charge in [-0.25, -0.2) is 4.68 Å². The second kappa shape index (κ2) is 5.78. The average Bonchev–Trinajstić information content (AvgIpc) is 3.04. The first-order chi connectivity index (χ1) is 11.3. The Kier molecular flexibility index (Phi) is 3.48. The lowest BCUT2D eigenvalue weighted by atomic mass is 10.2. The van der Waals surface area contributed by atoms with Gasteiger partial charge in [0.25, 0.3) is 5.56 Å². The molecule has 0 amide bonds. The molecule has 0 unspecified atom stereocenters. The molecule has 0 aliphatic rings. The molecule has 2 heterocycles. The summed E-state index contributed by atoms with van der Waals surface area (Å²) in [5.41, 5.74) is 2.68. The van der Waals surface area contributed by atoms with Gasteiger partial charge in [0.1, 0.15) is 10.2 Å². The van der Waals surface area contributed by atoms with Crippen molar-refractivity contribution in [2.24, 2.45) is 0 Å². The number of nitrogens with zero attached hydrogens (tertiary/aromatic N) is 3. The van der Waals surface area contributed by atoms with Crippen molar-refractivity contribution in [2.45, 2.75) is 6.54 Å². The van der Waals surface area contributed by atoms with Crippen LogP contribution in [0.25, 0.3) is 20.7 Å². The molecule has 2 aromatic carbocycles. The molecule has 0 saturated heterocycles. The maximum Gasteiger partial charge on any atom is 0.288 e. The molecule has 0 aliphatic heterocycles. The third kappa shape index (κ3) is 2.66. The minimum atomic E-state index is -0.0916. The van der Waals surface area contributed by atoms with Crippen LogP contribution in [-0.4, -0.2) is 15.0 Å². The molecule has 5 heteroatoms. The maximum atomic E-state index is 12.6. The molecule has 0 aliphatic carbocycles. The third-order valence-electron chi connectivity index (χ3n) is 3.64. The summed E-state index contributed by atoms with van der Waals surface area (Å²) >= 11 is 1.47. The molecule has 2 aromatic heterocycles. The second-order valence-electron chi connectivity index (χ2n) is 5.23. The van der Waals surface area contributed by atoms with Crippen molar-refractivity contribution in [1.29, 1.82) is 0 Å². The Balaban J connectivity index is 1.78. The molecule has 4 rings (SSSR count). The lowest BCUT2D eigenvalue weighted by Gasteiger charge is -2.02. The van der Waals surface area contributed by atoms with Gasteiger partial charge >= 0.3 is 0 Å². The van der Waals surface area contributed by atoms with Crippen LogP contribution >= 0.6 is 11.3 Å². The summed E-state index contributed by atoms with van der Waals surface area (Å²) in [5.74, 6) is 0. The fourth-order valence-electron chi connectivity index (χ4n) is 2.47. The van der Waals surface area contributed by atoms with Crippen molar-refractivity contribution in [3.05, 3.63) is 82.6 Å². The summed E-state index contributed by atoms with van der Waals surface area (Å²) < 4.78 is 2.07. The zero-order valence-electron chi connectivity index (χ0n) is 12.2. The number of hydrogen-bond acceptors (Lipinski definition) is 4. The third-order valence-corrected chi connectivity index (χ3v) is 4.80. The van der Waals surface area contributed by atoms with Crippen LogP contribution in [-0.2, 0) is 6.54 Å². The number of thiophene rings is 1. The Labute approximate surface area is 136 Å². The van der Waals surface area contributed by atoms with Crippen molar-refractivity contribution < 1.29 is 0 Å². The highest BCUT2D eigenvalue weighted by molar-refractivity contribution is 7.22. The molecule has 0 atom stereocenters. The quantitative estimate of drug-likeness (QED) is 0.580. The predicted octanol–water partition coefficient (Wildman–Crippen LogP) is 3.57. The molecule has 112 valence electrons. The summed E-state index contributed by atoms with van der Waals surface area (Å²) in [6.07, 6.45) is 0. The molecular formula is C18H13N3OS. The first kappa shape index (κ1) is 13.8. The van der Waals surface area contributed by atoms with Crippen LogP contribution in [0.5, 0.6) is 0 Å². The molecule has 4 nitrogen and oxygen atoms in total. The van der Waals surface area contributed by atoms with Crippen LogP contribution in [0.2, 0.25) is 0 Å². The van der Waals surface area contributed by atoms with Crippen LogP contribution in [0.15, 0.2) is 71.5 Å². The number of rotatable bonds is 3. The van der Waals surface area contributed by atoms with Gasteiger partial charge in [-0.2, -0.15) is 0 Å². The molecule has 0 radical (unpaired) electrons. The van der Waals surface area contributed by atoms with Crippen molar-refractivity contribution in [3.8, 4) is 10.4 Å². The van der Waals surface area contributed by atoms with Gasteiger partial charge in [0.15, 0.2) is 0 Å². The molecular weight excluding hydrogens is 306 g/mol. The minimum absolute atomic E-state index is 0.0916. The highest BCUT2D eigenvalue weighted by Crippen LogP contribution is 2.30. The minimum Gasteiger partial charge on any atom is -0.266 e. The first-order valence-electron chi connectivity index (χ1n) is 7.28. The molecule has 0 bridgehead atoms. The summed E-state index contributed by atoms with van der Waals surface area (Å²) in [6.45, 7) is 0.432. The van der Waals surface area contributed by atoms with Gasteiger partial charge in [0.05, 0.1) is 6.54 Å². The highest BCUT2D eigenvalue weighted by atomic mass is 32.1. The smallest absolute Gasteiger partial charge is 0.266 e. The van der Waals surface area contributed by atoms with Gasteiger partial charge < -0.3 is 0 Å². The van der Waals surface area contributed by atoms with Crippen LogP contribution in [0, 0.1) is 0 Å². The van der Waals surface area contributed by atoms with Crippen LogP contribution in [0.3, 0.4) is 0 Å². The summed E-state index contributed by atoms with van der Waals surface area (Å²) in [7, 11) is 0. The Morgan fingerprint density at radius 1 is 0.957 bits per heavy atom. The fourth-order valence-corrected chi connectivity index (χ4v) is 3.51. The second-order valence-corrected chi connectivity index (χ2v) is 6.28. The maximum absolute atomic E-state index is 12.6. The Hall–Kier alpha value is -2.79. The summed E-state index contributed by atoms with van der Waals surface area (Å²) in [6, 6.07) is 21.7. The van der Waals surface area contributed by atoms with Crippen molar-refractivity contribution in [3.63, 3.8) is 0 Å². The molecule has 23 heavy (non-hydrogen) atoms. The molecule has 0 fully saturated rings. The monoisotopic (exact) mass is 319 g/mol. The van der Waals surface area contributed by atoms with Gasteiger partial charge in [-0.3, -0.25) is 4.79 Å². The van der Waals surface area contributed by atoms with E-state index in [1.54, 1.807) is 0 Å². The van der Waals surface area contributed by atoms with E-state index in [1.165, 1.54) is 16.0 Å². The Morgan fingerprint density at radius 3 is 2.39 bits per heavy atom. The van der Waals surface area contributed by atoms with E-state index < -0.39 is 0 Å². The number of benzene rings is 2. The summed E-state index contributed by atoms with van der Waals surface area (Å²) in [5, 5.41) is 8.28. The molecule has 0 spiro atoms. The number of hydrogen-bond donors (Lipinski definition) is 0. The number of fused-ring (bicyclic) bond motifs is 1. The molecule has 4 aromatic rings. The fraction of sp³-hybridized carbons (Fsp3) is 0.0556. The van der Waals surface area contributed by atoms with E-state index in [0.717, 1.165) is 16.0 Å². The topological polar surface area (TPSA) is 47.8 Å². The summed E-state index contributed by atoms with van der Waals surface area (Å²) in [4.78, 5) is 13.7. The van der Waals surface area contributed by atoms with Gasteiger partial charge in [0, 0.05) is 4.88 Å². The zero-order valence-corrected chi connectivity index (χ0v) is 13.0. The van der Waals surface area contributed by atoms with E-state index in [4.69, 9.17) is 0 Å². The van der Waals surface area contributed by atoms with E-state index in [1.807, 2.05) is 66.7 Å². The molecule has 0 saturated carbocycles. The van der Waals surface area contributed by atoms with E-state index in [0.29, 0.717) is 16.8 Å². The zero-order chi connectivity index (χ0) is 15.6. The van der Waals surface area contributed by atoms with Crippen molar-refractivity contribution in [1.82, 2.24) is 15.0 Å². The number of aromatic nitrogens is 3. The van der Waals surface area contributed by atoms with Crippen molar-refractivity contribution in [2.75, 3.05) is 0 Å².